The third-order valence-electron chi connectivity index (χ3n) is 5.73. The molecule has 0 radical (unpaired) electrons. The predicted octanol–water partition coefficient (Wildman–Crippen LogP) is 3.53. The summed E-state index contributed by atoms with van der Waals surface area (Å²) in [5.74, 6) is 2.12. The van der Waals surface area contributed by atoms with Gasteiger partial charge in [0.05, 0.1) is 20.0 Å². The Morgan fingerprint density at radius 2 is 1.97 bits per heavy atom. The number of ether oxygens (including phenoxy) is 2. The summed E-state index contributed by atoms with van der Waals surface area (Å²) < 4.78 is 22.2. The number of oxazole rings is 1. The molecule has 1 aliphatic heterocycles. The van der Waals surface area contributed by atoms with E-state index in [0.29, 0.717) is 74.3 Å². The van der Waals surface area contributed by atoms with Crippen molar-refractivity contribution in [3.05, 3.63) is 47.9 Å². The molecular weight excluding hydrogens is 452 g/mol. The molecule has 4 rings (SSSR count). The van der Waals surface area contributed by atoms with E-state index >= 15 is 0 Å². The highest BCUT2D eigenvalue weighted by molar-refractivity contribution is 5.94. The highest BCUT2D eigenvalue weighted by Gasteiger charge is 2.27. The van der Waals surface area contributed by atoms with E-state index in [-0.39, 0.29) is 23.3 Å². The Kier molecular flexibility index (Phi) is 7.35. The summed E-state index contributed by atoms with van der Waals surface area (Å²) in [6, 6.07) is 10.5. The number of amides is 1. The van der Waals surface area contributed by atoms with Crippen LogP contribution in [-0.2, 0) is 4.79 Å². The van der Waals surface area contributed by atoms with E-state index in [9.17, 15) is 14.9 Å². The Hall–Kier alpha value is -4.26. The second kappa shape index (κ2) is 10.8. The molecule has 0 N–H and O–H groups in total. The zero-order valence-corrected chi connectivity index (χ0v) is 19.7. The van der Waals surface area contributed by atoms with Crippen molar-refractivity contribution in [2.75, 3.05) is 44.8 Å². The third-order valence-corrected chi connectivity index (χ3v) is 5.73. The summed E-state index contributed by atoms with van der Waals surface area (Å²) in [6.45, 7) is 3.93. The van der Waals surface area contributed by atoms with Crippen LogP contribution in [0.25, 0.3) is 11.7 Å². The van der Waals surface area contributed by atoms with Crippen LogP contribution in [0.15, 0.2) is 45.4 Å². The van der Waals surface area contributed by atoms with Crippen molar-refractivity contribution in [1.82, 2.24) is 9.88 Å². The summed E-state index contributed by atoms with van der Waals surface area (Å²) in [6.07, 6.45) is 2.41. The van der Waals surface area contributed by atoms with Gasteiger partial charge < -0.3 is 28.1 Å². The molecule has 182 valence electrons. The number of nitrogens with zero attached hydrogens (tertiary/aromatic N) is 4. The number of piperazine rings is 1. The van der Waals surface area contributed by atoms with E-state index in [2.05, 4.69) is 11.1 Å². The number of ketones is 1. The van der Waals surface area contributed by atoms with Gasteiger partial charge in [0.2, 0.25) is 17.5 Å². The second-order valence-corrected chi connectivity index (χ2v) is 8.00. The van der Waals surface area contributed by atoms with Crippen molar-refractivity contribution < 1.29 is 27.9 Å². The molecule has 1 amide bonds. The Balaban J connectivity index is 1.25. The van der Waals surface area contributed by atoms with Gasteiger partial charge in [-0.15, -0.1) is 0 Å². The topological polar surface area (TPSA) is 122 Å². The molecule has 1 fully saturated rings. The molecular formula is C25H26N4O6. The highest BCUT2D eigenvalue weighted by Crippen LogP contribution is 2.30. The van der Waals surface area contributed by atoms with E-state index in [1.807, 2.05) is 4.90 Å². The number of furan rings is 1. The van der Waals surface area contributed by atoms with Crippen LogP contribution in [0.2, 0.25) is 0 Å². The summed E-state index contributed by atoms with van der Waals surface area (Å²) in [4.78, 5) is 32.1. The number of hydrogen-bond acceptors (Lipinski definition) is 9. The number of carbonyl (C=O) groups excluding carboxylic acids is 2. The quantitative estimate of drug-likeness (QED) is 0.336. The minimum atomic E-state index is -0.0503. The Morgan fingerprint density at radius 3 is 2.63 bits per heavy atom. The Labute approximate surface area is 202 Å². The first-order chi connectivity index (χ1) is 17.0. The fourth-order valence-corrected chi connectivity index (χ4v) is 3.83. The molecule has 2 aromatic heterocycles. The number of Topliss-reactive ketones (excluding diaryl/α,β-unsaturated/α-hetero) is 1. The van der Waals surface area contributed by atoms with Crippen LogP contribution in [-0.4, -0.2) is 61.5 Å². The van der Waals surface area contributed by atoms with E-state index in [1.165, 1.54) is 20.3 Å². The van der Waals surface area contributed by atoms with Crippen molar-refractivity contribution in [3.63, 3.8) is 0 Å². The maximum absolute atomic E-state index is 12.7. The molecule has 3 aromatic rings. The maximum Gasteiger partial charge on any atom is 0.266 e. The fourth-order valence-electron chi connectivity index (χ4n) is 3.83. The summed E-state index contributed by atoms with van der Waals surface area (Å²) in [5, 5.41) is 9.44. The van der Waals surface area contributed by atoms with Crippen molar-refractivity contribution in [2.45, 2.75) is 19.8 Å². The molecule has 1 aliphatic rings. The Morgan fingerprint density at radius 1 is 1.17 bits per heavy atom. The number of carbonyl (C=O) groups is 2. The molecule has 1 saturated heterocycles. The van der Waals surface area contributed by atoms with Crippen molar-refractivity contribution in [1.29, 1.82) is 5.26 Å². The molecule has 3 heterocycles. The zero-order chi connectivity index (χ0) is 24.8. The minimum absolute atomic E-state index is 0.0430. The number of anilines is 1. The Bertz CT molecular complexity index is 1220. The van der Waals surface area contributed by atoms with Crippen LogP contribution in [0, 0.1) is 11.3 Å². The van der Waals surface area contributed by atoms with Crippen LogP contribution < -0.4 is 14.4 Å². The van der Waals surface area contributed by atoms with Crippen molar-refractivity contribution in [3.8, 4) is 29.2 Å². The molecule has 0 aliphatic carbocycles. The summed E-state index contributed by atoms with van der Waals surface area (Å²) in [7, 11) is 1.52. The second-order valence-electron chi connectivity index (χ2n) is 8.00. The third kappa shape index (κ3) is 5.46. The van der Waals surface area contributed by atoms with E-state index < -0.39 is 0 Å². The smallest absolute Gasteiger partial charge is 0.266 e. The monoisotopic (exact) mass is 478 g/mol. The van der Waals surface area contributed by atoms with Gasteiger partial charge in [-0.3, -0.25) is 9.59 Å². The molecule has 0 saturated carbocycles. The molecule has 0 bridgehead atoms. The standard InChI is InChI=1S/C25H26N4O6/c1-17(30)18-7-8-20(22(15-18)32-2)33-14-4-6-23(31)28-9-11-29(12-10-28)25-19(16-26)27-24(35-25)21-5-3-13-34-21/h3,5,7-8,13,15H,4,6,9-12,14H2,1-2H3. The first-order valence-electron chi connectivity index (χ1n) is 11.3. The number of methoxy groups -OCH3 is 1. The molecule has 10 heteroatoms. The highest BCUT2D eigenvalue weighted by atomic mass is 16.5. The zero-order valence-electron chi connectivity index (χ0n) is 19.7. The van der Waals surface area contributed by atoms with Gasteiger partial charge in [-0.1, -0.05) is 0 Å². The van der Waals surface area contributed by atoms with Gasteiger partial charge in [0.1, 0.15) is 6.07 Å². The lowest BCUT2D eigenvalue weighted by atomic mass is 10.1. The van der Waals surface area contributed by atoms with Gasteiger partial charge in [0.25, 0.3) is 5.89 Å². The largest absolute Gasteiger partial charge is 0.493 e. The predicted molar refractivity (Wildman–Crippen MR) is 125 cm³/mol. The van der Waals surface area contributed by atoms with Gasteiger partial charge in [0.15, 0.2) is 23.0 Å². The maximum atomic E-state index is 12.7. The average Bonchev–Trinajstić information content (AvgIpc) is 3.56. The van der Waals surface area contributed by atoms with Crippen LogP contribution >= 0.6 is 0 Å². The first-order valence-corrected chi connectivity index (χ1v) is 11.3. The van der Waals surface area contributed by atoms with Gasteiger partial charge in [-0.05, 0) is 43.7 Å². The molecule has 0 spiro atoms. The summed E-state index contributed by atoms with van der Waals surface area (Å²) >= 11 is 0. The molecule has 0 unspecified atom stereocenters. The first kappa shape index (κ1) is 23.9. The number of nitriles is 1. The average molecular weight is 479 g/mol. The lowest BCUT2D eigenvalue weighted by molar-refractivity contribution is -0.131. The fraction of sp³-hybridized carbons (Fsp3) is 0.360. The molecule has 10 nitrogen and oxygen atoms in total. The van der Waals surface area contributed by atoms with Gasteiger partial charge in [-0.25, -0.2) is 0 Å². The number of benzene rings is 1. The molecule has 1 aromatic carbocycles. The van der Waals surface area contributed by atoms with E-state index in [1.54, 1.807) is 35.2 Å². The molecule has 35 heavy (non-hydrogen) atoms. The number of aromatic nitrogens is 1. The SMILES string of the molecule is COc1cc(C(C)=O)ccc1OCCCC(=O)N1CCN(c2oc(-c3ccco3)nc2C#N)CC1. The van der Waals surface area contributed by atoms with Crippen molar-refractivity contribution in [2.24, 2.45) is 0 Å². The summed E-state index contributed by atoms with van der Waals surface area (Å²) in [5.41, 5.74) is 0.744. The van der Waals surface area contributed by atoms with Crippen molar-refractivity contribution >= 4 is 17.6 Å². The van der Waals surface area contributed by atoms with Crippen LogP contribution in [0.1, 0.15) is 35.8 Å². The van der Waals surface area contributed by atoms with Crippen LogP contribution in [0.4, 0.5) is 5.88 Å². The van der Waals surface area contributed by atoms with Crippen LogP contribution in [0.3, 0.4) is 0 Å². The van der Waals surface area contributed by atoms with Gasteiger partial charge >= 0.3 is 0 Å². The van der Waals surface area contributed by atoms with Crippen LogP contribution in [0.5, 0.6) is 11.5 Å². The normalized spacial score (nSPS) is 13.4. The van der Waals surface area contributed by atoms with Gasteiger partial charge in [-0.2, -0.15) is 10.2 Å². The van der Waals surface area contributed by atoms with E-state index in [4.69, 9.17) is 18.3 Å². The lowest BCUT2D eigenvalue weighted by Crippen LogP contribution is -2.48. The molecule has 0 atom stereocenters. The minimum Gasteiger partial charge on any atom is -0.493 e. The number of rotatable bonds is 9. The number of hydrogen-bond donors (Lipinski definition) is 0. The van der Waals surface area contributed by atoms with Gasteiger partial charge in [0, 0.05) is 38.2 Å². The lowest BCUT2D eigenvalue weighted by Gasteiger charge is -2.34. The van der Waals surface area contributed by atoms with E-state index in [0.717, 1.165) is 0 Å².